The topological polar surface area (TPSA) is 0 Å². The number of hydrogen-bond donors (Lipinski definition) is 0. The van der Waals surface area contributed by atoms with Crippen LogP contribution in [0.15, 0.2) is 97.1 Å². The first-order chi connectivity index (χ1) is 22.8. The minimum atomic E-state index is -0.508. The molecule has 0 heterocycles. The van der Waals surface area contributed by atoms with Crippen molar-refractivity contribution in [3.8, 4) is 0 Å². The van der Waals surface area contributed by atoms with Gasteiger partial charge in [-0.1, -0.05) is 48.5 Å². The van der Waals surface area contributed by atoms with Gasteiger partial charge in [0.25, 0.3) is 0 Å². The van der Waals surface area contributed by atoms with E-state index in [0.717, 1.165) is 0 Å². The molecule has 0 radical (unpaired) electrons. The van der Waals surface area contributed by atoms with E-state index in [-0.39, 0.29) is 17.4 Å². The molecule has 0 spiro atoms. The first-order valence-electron chi connectivity index (χ1n) is 17.1. The fourth-order valence-electron chi connectivity index (χ4n) is 6.58. The van der Waals surface area contributed by atoms with Gasteiger partial charge >= 0.3 is 17.4 Å². The summed E-state index contributed by atoms with van der Waals surface area (Å²) in [5.74, 6) is 0. The van der Waals surface area contributed by atoms with Crippen molar-refractivity contribution < 1.29 is 17.4 Å². The van der Waals surface area contributed by atoms with Crippen LogP contribution in [-0.2, 0) is 17.4 Å². The smallest absolute Gasteiger partial charge is 0.213 e. The van der Waals surface area contributed by atoms with Gasteiger partial charge in [0.05, 0.1) is 0 Å². The van der Waals surface area contributed by atoms with E-state index in [9.17, 15) is 0 Å². The quantitative estimate of drug-likeness (QED) is 0.119. The maximum atomic E-state index is 2.35. The van der Waals surface area contributed by atoms with Crippen LogP contribution in [0.4, 0.5) is 0 Å². The molecule has 0 aliphatic rings. The first kappa shape index (κ1) is 38.8. The molecule has 0 bridgehead atoms. The zero-order valence-electron chi connectivity index (χ0n) is 31.5. The largest absolute Gasteiger partial charge is 2.00 e. The van der Waals surface area contributed by atoms with Crippen LogP contribution >= 0.6 is 15.8 Å². The van der Waals surface area contributed by atoms with E-state index >= 15 is 0 Å². The third kappa shape index (κ3) is 7.83. The van der Waals surface area contributed by atoms with Crippen molar-refractivity contribution >= 4 is 47.7 Å². The predicted molar refractivity (Wildman–Crippen MR) is 218 cm³/mol. The molecule has 0 aromatic heterocycles. The van der Waals surface area contributed by atoms with Crippen LogP contribution in [0.1, 0.15) is 66.8 Å². The standard InChI is InChI=1S/2C23H26P.Cr/c2*1-15-11-13-22(19(5)17(15)3)24(21-9-7-8-10-21)23-14-12-16(2)18(4)20(23)6;/h2*7-14H,1-6H3;/q2*-1;+2. The third-order valence-electron chi connectivity index (χ3n) is 10.9. The van der Waals surface area contributed by atoms with E-state index in [2.05, 4.69) is 180 Å². The van der Waals surface area contributed by atoms with Crippen molar-refractivity contribution in [1.82, 2.24) is 0 Å². The minimum absolute atomic E-state index is 0. The van der Waals surface area contributed by atoms with E-state index in [0.29, 0.717) is 0 Å². The fourth-order valence-corrected chi connectivity index (χ4v) is 12.1. The van der Waals surface area contributed by atoms with Crippen LogP contribution < -0.4 is 31.8 Å². The molecule has 3 heteroatoms. The van der Waals surface area contributed by atoms with Crippen molar-refractivity contribution in [3.63, 3.8) is 0 Å². The summed E-state index contributed by atoms with van der Waals surface area (Å²) in [6.45, 7) is 27.0. The molecule has 0 fully saturated rings. The summed E-state index contributed by atoms with van der Waals surface area (Å²) in [5, 5.41) is 8.86. The van der Waals surface area contributed by atoms with Gasteiger partial charge in [0, 0.05) is 0 Å². The molecule has 6 rings (SSSR count). The first-order valence-corrected chi connectivity index (χ1v) is 19.8. The van der Waals surface area contributed by atoms with Crippen LogP contribution in [0.5, 0.6) is 0 Å². The molecule has 0 atom stereocenters. The molecule has 0 N–H and O–H groups in total. The van der Waals surface area contributed by atoms with Crippen molar-refractivity contribution in [1.29, 1.82) is 0 Å². The Kier molecular flexibility index (Phi) is 12.9. The van der Waals surface area contributed by atoms with Crippen molar-refractivity contribution in [2.75, 3.05) is 0 Å². The summed E-state index contributed by atoms with van der Waals surface area (Å²) in [7, 11) is -1.02. The molecule has 0 aliphatic heterocycles. The van der Waals surface area contributed by atoms with E-state index in [1.807, 2.05) is 0 Å². The van der Waals surface area contributed by atoms with Crippen LogP contribution in [-0.4, -0.2) is 0 Å². The number of aryl methyl sites for hydroxylation is 4. The maximum absolute atomic E-state index is 2.35. The summed E-state index contributed by atoms with van der Waals surface area (Å²) in [5.41, 5.74) is 17.0. The van der Waals surface area contributed by atoms with Crippen molar-refractivity contribution in [2.24, 2.45) is 0 Å². The minimum Gasteiger partial charge on any atom is -0.213 e. The Hall–Kier alpha value is -3.03. The average molecular weight is 719 g/mol. The van der Waals surface area contributed by atoms with E-state index in [1.165, 1.54) is 98.6 Å². The SMILES string of the molecule is Cc1ccc(P(c2ccc[cH-]2)c2ccc(C)c(C)c2C)c(C)c1C.Cc1ccc(P(c2ccc[cH-]2)c2ccc(C)c(C)c2C)c(C)c1C.[Cr+2]. The number of hydrogen-bond acceptors (Lipinski definition) is 0. The maximum Gasteiger partial charge on any atom is 2.00 e. The van der Waals surface area contributed by atoms with E-state index in [1.54, 1.807) is 0 Å². The number of benzene rings is 4. The molecule has 6 aromatic carbocycles. The molecule has 0 saturated heterocycles. The Balaban J connectivity index is 0.000000216. The third-order valence-corrected chi connectivity index (χ3v) is 16.4. The van der Waals surface area contributed by atoms with Gasteiger partial charge in [-0.25, -0.2) is 24.3 Å². The normalized spacial score (nSPS) is 11.1. The summed E-state index contributed by atoms with van der Waals surface area (Å²) < 4.78 is 0. The Morgan fingerprint density at radius 1 is 0.327 bits per heavy atom. The molecule has 49 heavy (non-hydrogen) atoms. The van der Waals surface area contributed by atoms with Gasteiger partial charge in [0.15, 0.2) is 0 Å². The van der Waals surface area contributed by atoms with Crippen molar-refractivity contribution in [2.45, 2.75) is 83.1 Å². The van der Waals surface area contributed by atoms with Crippen molar-refractivity contribution in [3.05, 3.63) is 164 Å². The fraction of sp³-hybridized carbons (Fsp3) is 0.261. The van der Waals surface area contributed by atoms with Crippen LogP contribution in [0.2, 0.25) is 0 Å². The Bertz CT molecular complexity index is 1780. The second-order valence-electron chi connectivity index (χ2n) is 13.6. The predicted octanol–water partition coefficient (Wildman–Crippen LogP) is 10.0. The van der Waals surface area contributed by atoms with Gasteiger partial charge in [-0.15, -0.1) is 10.6 Å². The molecule has 0 unspecified atom stereocenters. The average Bonchev–Trinajstić information content (AvgIpc) is 3.81. The summed E-state index contributed by atoms with van der Waals surface area (Å²) in [6.07, 6.45) is 0. The zero-order chi connectivity index (χ0) is 34.9. The van der Waals surface area contributed by atoms with E-state index in [4.69, 9.17) is 0 Å². The Morgan fingerprint density at radius 3 is 0.776 bits per heavy atom. The van der Waals surface area contributed by atoms with Gasteiger partial charge < -0.3 is 0 Å². The Morgan fingerprint density at radius 2 is 0.571 bits per heavy atom. The van der Waals surface area contributed by atoms with Gasteiger partial charge in [0.1, 0.15) is 0 Å². The second-order valence-corrected chi connectivity index (χ2v) is 17.9. The second kappa shape index (κ2) is 16.3. The molecule has 0 nitrogen and oxygen atoms in total. The van der Waals surface area contributed by atoms with E-state index < -0.39 is 15.8 Å². The summed E-state index contributed by atoms with van der Waals surface area (Å²) in [6, 6.07) is 36.3. The van der Waals surface area contributed by atoms with Crippen LogP contribution in [0.3, 0.4) is 0 Å². The summed E-state index contributed by atoms with van der Waals surface area (Å²) in [4.78, 5) is 0. The van der Waals surface area contributed by atoms with Gasteiger partial charge in [-0.3, -0.25) is 0 Å². The van der Waals surface area contributed by atoms with Crippen LogP contribution in [0.25, 0.3) is 0 Å². The van der Waals surface area contributed by atoms with Gasteiger partial charge in [-0.05, 0) is 187 Å². The molecular formula is C46H52CrP2. The summed E-state index contributed by atoms with van der Waals surface area (Å²) >= 11 is 0. The van der Waals surface area contributed by atoms with Crippen LogP contribution in [0, 0.1) is 83.1 Å². The van der Waals surface area contributed by atoms with Gasteiger partial charge in [-0.2, -0.15) is 24.3 Å². The molecule has 0 amide bonds. The molecule has 0 aliphatic carbocycles. The monoisotopic (exact) mass is 718 g/mol. The molecule has 0 saturated carbocycles. The van der Waals surface area contributed by atoms with Gasteiger partial charge in [0.2, 0.25) is 0 Å². The number of rotatable bonds is 6. The molecule has 6 aromatic rings. The molecular weight excluding hydrogens is 666 g/mol. The molecule has 252 valence electrons. The Labute approximate surface area is 310 Å². The zero-order valence-corrected chi connectivity index (χ0v) is 34.6.